The molecule has 0 fully saturated rings. The van der Waals surface area contributed by atoms with Crippen LogP contribution in [0.2, 0.25) is 0 Å². The van der Waals surface area contributed by atoms with Crippen LogP contribution in [0.4, 0.5) is 0 Å². The van der Waals surface area contributed by atoms with E-state index >= 15 is 0 Å². The molecule has 0 heterocycles. The van der Waals surface area contributed by atoms with Gasteiger partial charge in [0.15, 0.2) is 0 Å². The number of carbonyl (C=O) groups is 1. The van der Waals surface area contributed by atoms with Gasteiger partial charge in [0.05, 0.1) is 0 Å². The van der Waals surface area contributed by atoms with Gasteiger partial charge in [0.2, 0.25) is 0 Å². The molecule has 0 spiro atoms. The van der Waals surface area contributed by atoms with Crippen molar-refractivity contribution < 1.29 is 28.5 Å². The molecule has 0 aromatic rings. The normalized spacial score (nSPS) is 10.7. The zero-order chi connectivity index (χ0) is 7.28. The van der Waals surface area contributed by atoms with Gasteiger partial charge in [0.1, 0.15) is 0 Å². The van der Waals surface area contributed by atoms with Crippen molar-refractivity contribution in [2.75, 3.05) is 0 Å². The van der Waals surface area contributed by atoms with E-state index in [9.17, 15) is 4.79 Å². The SMILES string of the molecule is CCCCC([NH-])C(=O)O.[CH3-].[V+2]. The van der Waals surface area contributed by atoms with E-state index in [0.29, 0.717) is 6.42 Å². The van der Waals surface area contributed by atoms with E-state index in [4.69, 9.17) is 10.8 Å². The number of aliphatic carboxylic acids is 1. The Kier molecular flexibility index (Phi) is 15.7. The Bertz CT molecular complexity index is 98.4. The van der Waals surface area contributed by atoms with Gasteiger partial charge in [0.25, 0.3) is 5.97 Å². The molecule has 0 aliphatic heterocycles. The predicted molar refractivity (Wildman–Crippen MR) is 41.7 cm³/mol. The second kappa shape index (κ2) is 10.0. The van der Waals surface area contributed by atoms with Crippen LogP contribution in [0, 0.1) is 7.43 Å². The van der Waals surface area contributed by atoms with Crippen molar-refractivity contribution in [2.45, 2.75) is 32.2 Å². The summed E-state index contributed by atoms with van der Waals surface area (Å²) >= 11 is 0. The Morgan fingerprint density at radius 2 is 2.09 bits per heavy atom. The molecule has 0 aliphatic carbocycles. The van der Waals surface area contributed by atoms with Crippen LogP contribution in [-0.4, -0.2) is 17.1 Å². The number of carboxylic acid groups (broad SMARTS) is 1. The fourth-order valence-electron chi connectivity index (χ4n) is 0.532. The fraction of sp³-hybridized carbons (Fsp3) is 0.714. The second-order valence-corrected chi connectivity index (χ2v) is 2.03. The van der Waals surface area contributed by atoms with Crippen molar-refractivity contribution >= 4 is 5.97 Å². The average molecular weight is 196 g/mol. The van der Waals surface area contributed by atoms with Gasteiger partial charge < -0.3 is 18.3 Å². The standard InChI is InChI=1S/C6H12NO2.CH3.V/c1-2-3-4-5(7)6(8)9;;/h5,7H,2-4H2,1H3,(H,8,9);1H3;/q2*-1;+2. The van der Waals surface area contributed by atoms with Gasteiger partial charge in [-0.15, -0.1) is 0 Å². The van der Waals surface area contributed by atoms with E-state index in [1.54, 1.807) is 0 Å². The summed E-state index contributed by atoms with van der Waals surface area (Å²) in [5.41, 5.74) is 6.93. The first kappa shape index (κ1) is 17.2. The molecule has 0 aliphatic rings. The minimum atomic E-state index is -1.01. The molecule has 0 saturated heterocycles. The quantitative estimate of drug-likeness (QED) is 0.700. The summed E-state index contributed by atoms with van der Waals surface area (Å²) in [4.78, 5) is 10.0. The molecule has 4 heteroatoms. The summed E-state index contributed by atoms with van der Waals surface area (Å²) in [6.07, 6.45) is 2.27. The second-order valence-electron chi connectivity index (χ2n) is 2.03. The first-order chi connectivity index (χ1) is 4.18. The number of carboxylic acids is 1. The summed E-state index contributed by atoms with van der Waals surface area (Å²) in [5.74, 6) is -1.01. The van der Waals surface area contributed by atoms with E-state index in [1.165, 1.54) is 0 Å². The Hall–Kier alpha value is 0.0144. The van der Waals surface area contributed by atoms with E-state index in [-0.39, 0.29) is 26.0 Å². The van der Waals surface area contributed by atoms with Crippen molar-refractivity contribution in [3.8, 4) is 0 Å². The van der Waals surface area contributed by atoms with Gasteiger partial charge in [-0.2, -0.15) is 0 Å². The molecular formula is C7H15NO2V. The molecule has 0 aromatic carbocycles. The first-order valence-electron chi connectivity index (χ1n) is 3.12. The monoisotopic (exact) mass is 196 g/mol. The van der Waals surface area contributed by atoms with Crippen LogP contribution in [0.25, 0.3) is 5.73 Å². The van der Waals surface area contributed by atoms with Gasteiger partial charge in [-0.1, -0.05) is 26.2 Å². The third kappa shape index (κ3) is 10.0. The Morgan fingerprint density at radius 3 is 2.36 bits per heavy atom. The maximum atomic E-state index is 10.0. The van der Waals surface area contributed by atoms with Crippen LogP contribution in [0.5, 0.6) is 0 Å². The third-order valence-corrected chi connectivity index (χ3v) is 1.14. The third-order valence-electron chi connectivity index (χ3n) is 1.14. The molecule has 0 aromatic heterocycles. The van der Waals surface area contributed by atoms with Crippen molar-refractivity contribution in [2.24, 2.45) is 0 Å². The molecule has 1 radical (unpaired) electrons. The molecule has 0 amide bonds. The minimum Gasteiger partial charge on any atom is -0.665 e. The van der Waals surface area contributed by atoms with Crippen molar-refractivity contribution in [3.63, 3.8) is 0 Å². The largest absolute Gasteiger partial charge is 2.00 e. The van der Waals surface area contributed by atoms with Gasteiger partial charge in [-0.05, 0) is 6.04 Å². The van der Waals surface area contributed by atoms with Gasteiger partial charge in [-0.25, -0.2) is 0 Å². The number of rotatable bonds is 4. The zero-order valence-corrected chi connectivity index (χ0v) is 8.40. The molecular weight excluding hydrogens is 181 g/mol. The van der Waals surface area contributed by atoms with Gasteiger partial charge >= 0.3 is 18.6 Å². The van der Waals surface area contributed by atoms with Crippen LogP contribution in [-0.2, 0) is 23.4 Å². The summed E-state index contributed by atoms with van der Waals surface area (Å²) in [6, 6.07) is -0.912. The van der Waals surface area contributed by atoms with Crippen LogP contribution in [0.1, 0.15) is 26.2 Å². The molecule has 11 heavy (non-hydrogen) atoms. The number of unbranched alkanes of at least 4 members (excludes halogenated alkanes) is 1. The zero-order valence-electron chi connectivity index (χ0n) is 7.00. The van der Waals surface area contributed by atoms with Crippen molar-refractivity contribution in [1.82, 2.24) is 0 Å². The molecule has 2 N–H and O–H groups in total. The molecule has 0 saturated carbocycles. The van der Waals surface area contributed by atoms with Gasteiger partial charge in [-0.3, -0.25) is 4.79 Å². The number of hydrogen-bond acceptors (Lipinski definition) is 1. The molecule has 1 unspecified atom stereocenters. The topological polar surface area (TPSA) is 61.1 Å². The van der Waals surface area contributed by atoms with E-state index in [0.717, 1.165) is 12.8 Å². The van der Waals surface area contributed by atoms with E-state index in [2.05, 4.69) is 0 Å². The van der Waals surface area contributed by atoms with E-state index < -0.39 is 12.0 Å². The van der Waals surface area contributed by atoms with Crippen molar-refractivity contribution in [3.05, 3.63) is 13.2 Å². The molecule has 0 bridgehead atoms. The molecule has 0 rings (SSSR count). The Labute approximate surface area is 80.2 Å². The van der Waals surface area contributed by atoms with Gasteiger partial charge in [0, 0.05) is 0 Å². The summed E-state index contributed by atoms with van der Waals surface area (Å²) in [5, 5.41) is 8.22. The van der Waals surface area contributed by atoms with E-state index in [1.807, 2.05) is 6.92 Å². The Balaban J connectivity index is -0.000000320. The van der Waals surface area contributed by atoms with Crippen LogP contribution >= 0.6 is 0 Å². The summed E-state index contributed by atoms with van der Waals surface area (Å²) in [7, 11) is 0. The minimum absolute atomic E-state index is 0. The maximum Gasteiger partial charge on any atom is 2.00 e. The fourth-order valence-corrected chi connectivity index (χ4v) is 0.532. The first-order valence-corrected chi connectivity index (χ1v) is 3.12. The molecule has 3 nitrogen and oxygen atoms in total. The number of hydrogen-bond donors (Lipinski definition) is 1. The maximum absolute atomic E-state index is 10.0. The summed E-state index contributed by atoms with van der Waals surface area (Å²) < 4.78 is 0. The average Bonchev–Trinajstić information content (AvgIpc) is 1.82. The predicted octanol–water partition coefficient (Wildman–Crippen LogP) is 2.13. The summed E-state index contributed by atoms with van der Waals surface area (Å²) in [6.45, 7) is 1.98. The van der Waals surface area contributed by atoms with Crippen LogP contribution in [0.3, 0.4) is 0 Å². The Morgan fingerprint density at radius 1 is 1.64 bits per heavy atom. The molecule has 65 valence electrons. The van der Waals surface area contributed by atoms with Crippen LogP contribution < -0.4 is 0 Å². The van der Waals surface area contributed by atoms with Crippen molar-refractivity contribution in [1.29, 1.82) is 0 Å². The van der Waals surface area contributed by atoms with Crippen LogP contribution in [0.15, 0.2) is 0 Å². The molecule has 1 atom stereocenters. The number of nitrogens with one attached hydrogen (secondary N) is 1. The smallest absolute Gasteiger partial charge is 0.665 e.